The number of anilines is 3. The fourth-order valence-electron chi connectivity index (χ4n) is 3.80. The van der Waals surface area contributed by atoms with Crippen molar-refractivity contribution in [2.45, 2.75) is 45.6 Å². The SMILES string of the molecule is CCC(C)NC(=O)c1cc(NC(=O)Nc2ccc(OC)cc2OC)ccc1N1CCCCC1. The molecule has 3 rings (SSSR count). The normalized spacial score (nSPS) is 14.2. The molecule has 1 atom stereocenters. The van der Waals surface area contributed by atoms with Gasteiger partial charge in [0.05, 0.1) is 25.5 Å². The van der Waals surface area contributed by atoms with Gasteiger partial charge in [0.25, 0.3) is 5.91 Å². The van der Waals surface area contributed by atoms with E-state index >= 15 is 0 Å². The van der Waals surface area contributed by atoms with Crippen molar-refractivity contribution in [3.05, 3.63) is 42.0 Å². The van der Waals surface area contributed by atoms with Gasteiger partial charge in [0.1, 0.15) is 11.5 Å². The second-order valence-corrected chi connectivity index (χ2v) is 8.21. The fraction of sp³-hybridized carbons (Fsp3) is 0.440. The molecular formula is C25H34N4O4. The van der Waals surface area contributed by atoms with Gasteiger partial charge < -0.3 is 30.3 Å². The van der Waals surface area contributed by atoms with E-state index in [0.717, 1.165) is 38.0 Å². The summed E-state index contributed by atoms with van der Waals surface area (Å²) in [5.74, 6) is 0.979. The monoisotopic (exact) mass is 454 g/mol. The third-order valence-corrected chi connectivity index (χ3v) is 5.84. The summed E-state index contributed by atoms with van der Waals surface area (Å²) in [5, 5.41) is 8.66. The van der Waals surface area contributed by atoms with Crippen molar-refractivity contribution >= 4 is 29.0 Å². The fourth-order valence-corrected chi connectivity index (χ4v) is 3.80. The van der Waals surface area contributed by atoms with Crippen LogP contribution < -0.4 is 30.3 Å². The van der Waals surface area contributed by atoms with Crippen molar-refractivity contribution in [2.75, 3.05) is 42.8 Å². The first-order valence-corrected chi connectivity index (χ1v) is 11.4. The number of nitrogens with zero attached hydrogens (tertiary/aromatic N) is 1. The van der Waals surface area contributed by atoms with Crippen molar-refractivity contribution in [1.82, 2.24) is 5.32 Å². The minimum atomic E-state index is -0.433. The van der Waals surface area contributed by atoms with Gasteiger partial charge in [-0.3, -0.25) is 4.79 Å². The number of hydrogen-bond acceptors (Lipinski definition) is 5. The summed E-state index contributed by atoms with van der Waals surface area (Å²) >= 11 is 0. The topological polar surface area (TPSA) is 91.9 Å². The molecular weight excluding hydrogens is 420 g/mol. The zero-order valence-corrected chi connectivity index (χ0v) is 19.9. The van der Waals surface area contributed by atoms with Gasteiger partial charge in [0, 0.05) is 36.6 Å². The summed E-state index contributed by atoms with van der Waals surface area (Å²) in [6.07, 6.45) is 4.27. The van der Waals surface area contributed by atoms with Gasteiger partial charge in [-0.15, -0.1) is 0 Å². The maximum Gasteiger partial charge on any atom is 0.323 e. The van der Waals surface area contributed by atoms with E-state index in [9.17, 15) is 9.59 Å². The van der Waals surface area contributed by atoms with Gasteiger partial charge in [0.2, 0.25) is 0 Å². The lowest BCUT2D eigenvalue weighted by Crippen LogP contribution is -2.35. The van der Waals surface area contributed by atoms with Crippen LogP contribution in [0.15, 0.2) is 36.4 Å². The van der Waals surface area contributed by atoms with Crippen LogP contribution in [0.2, 0.25) is 0 Å². The van der Waals surface area contributed by atoms with Crippen LogP contribution in [0.5, 0.6) is 11.5 Å². The molecule has 0 aliphatic carbocycles. The molecule has 1 aliphatic heterocycles. The van der Waals surface area contributed by atoms with Gasteiger partial charge >= 0.3 is 6.03 Å². The number of rotatable bonds is 8. The number of amides is 3. The van der Waals surface area contributed by atoms with E-state index in [-0.39, 0.29) is 11.9 Å². The lowest BCUT2D eigenvalue weighted by Gasteiger charge is -2.31. The third kappa shape index (κ3) is 6.31. The van der Waals surface area contributed by atoms with Crippen LogP contribution in [-0.2, 0) is 0 Å². The number of benzene rings is 2. The molecule has 2 aromatic rings. The molecule has 178 valence electrons. The Labute approximate surface area is 195 Å². The number of hydrogen-bond donors (Lipinski definition) is 3. The number of urea groups is 1. The molecule has 3 amide bonds. The lowest BCUT2D eigenvalue weighted by molar-refractivity contribution is 0.0939. The molecule has 8 heteroatoms. The lowest BCUT2D eigenvalue weighted by atomic mass is 10.1. The first-order valence-electron chi connectivity index (χ1n) is 11.4. The molecule has 0 spiro atoms. The summed E-state index contributed by atoms with van der Waals surface area (Å²) in [5.41, 5.74) is 2.51. The van der Waals surface area contributed by atoms with Crippen LogP contribution in [0, 0.1) is 0 Å². The Morgan fingerprint density at radius 1 is 1.00 bits per heavy atom. The molecule has 1 unspecified atom stereocenters. The van der Waals surface area contributed by atoms with Gasteiger partial charge in [-0.25, -0.2) is 4.79 Å². The molecule has 0 radical (unpaired) electrons. The Hall–Kier alpha value is -3.42. The van der Waals surface area contributed by atoms with Gasteiger partial charge in [0.15, 0.2) is 0 Å². The van der Waals surface area contributed by atoms with E-state index < -0.39 is 6.03 Å². The number of methoxy groups -OCH3 is 2. The molecule has 1 heterocycles. The molecule has 33 heavy (non-hydrogen) atoms. The van der Waals surface area contributed by atoms with Crippen LogP contribution in [0.3, 0.4) is 0 Å². The van der Waals surface area contributed by atoms with E-state index in [0.29, 0.717) is 28.4 Å². The number of ether oxygens (including phenoxy) is 2. The summed E-state index contributed by atoms with van der Waals surface area (Å²) in [4.78, 5) is 28.0. The Kier molecular flexibility index (Phi) is 8.40. The van der Waals surface area contributed by atoms with Crippen molar-refractivity contribution in [1.29, 1.82) is 0 Å². The molecule has 1 aliphatic rings. The highest BCUT2D eigenvalue weighted by Crippen LogP contribution is 2.30. The zero-order valence-electron chi connectivity index (χ0n) is 19.9. The van der Waals surface area contributed by atoms with Crippen molar-refractivity contribution in [3.8, 4) is 11.5 Å². The minimum Gasteiger partial charge on any atom is -0.497 e. The summed E-state index contributed by atoms with van der Waals surface area (Å²) in [6, 6.07) is 10.3. The average molecular weight is 455 g/mol. The first-order chi connectivity index (χ1) is 15.9. The van der Waals surface area contributed by atoms with Gasteiger partial charge in [-0.1, -0.05) is 6.92 Å². The van der Waals surface area contributed by atoms with E-state index in [2.05, 4.69) is 20.9 Å². The maximum absolute atomic E-state index is 13.1. The average Bonchev–Trinajstić information content (AvgIpc) is 2.84. The second-order valence-electron chi connectivity index (χ2n) is 8.21. The number of carbonyl (C=O) groups excluding carboxylic acids is 2. The Balaban J connectivity index is 1.80. The van der Waals surface area contributed by atoms with Crippen LogP contribution in [0.4, 0.5) is 21.9 Å². The van der Waals surface area contributed by atoms with E-state index in [1.54, 1.807) is 31.4 Å². The molecule has 0 saturated carbocycles. The van der Waals surface area contributed by atoms with Crippen molar-refractivity contribution in [3.63, 3.8) is 0 Å². The van der Waals surface area contributed by atoms with Crippen LogP contribution >= 0.6 is 0 Å². The quantitative estimate of drug-likeness (QED) is 0.529. The molecule has 1 fully saturated rings. The van der Waals surface area contributed by atoms with Gasteiger partial charge in [-0.05, 0) is 62.9 Å². The van der Waals surface area contributed by atoms with E-state index in [4.69, 9.17) is 9.47 Å². The highest BCUT2D eigenvalue weighted by atomic mass is 16.5. The molecule has 1 saturated heterocycles. The highest BCUT2D eigenvalue weighted by Gasteiger charge is 2.20. The Bertz CT molecular complexity index is 973. The van der Waals surface area contributed by atoms with Crippen molar-refractivity contribution < 1.29 is 19.1 Å². The summed E-state index contributed by atoms with van der Waals surface area (Å²) in [7, 11) is 3.09. The van der Waals surface area contributed by atoms with E-state index in [1.807, 2.05) is 26.0 Å². The second kappa shape index (κ2) is 11.4. The Morgan fingerprint density at radius 3 is 2.42 bits per heavy atom. The minimum absolute atomic E-state index is 0.0640. The number of carbonyl (C=O) groups is 2. The van der Waals surface area contributed by atoms with Gasteiger partial charge in [-0.2, -0.15) is 0 Å². The van der Waals surface area contributed by atoms with E-state index in [1.165, 1.54) is 13.5 Å². The zero-order chi connectivity index (χ0) is 23.8. The smallest absolute Gasteiger partial charge is 0.323 e. The number of piperidine rings is 1. The predicted molar refractivity (Wildman–Crippen MR) is 132 cm³/mol. The van der Waals surface area contributed by atoms with Crippen molar-refractivity contribution in [2.24, 2.45) is 0 Å². The molecule has 2 aromatic carbocycles. The molecule has 3 N–H and O–H groups in total. The first kappa shape index (κ1) is 24.2. The maximum atomic E-state index is 13.1. The largest absolute Gasteiger partial charge is 0.497 e. The highest BCUT2D eigenvalue weighted by molar-refractivity contribution is 6.04. The van der Waals surface area contributed by atoms with Crippen LogP contribution in [0.25, 0.3) is 0 Å². The van der Waals surface area contributed by atoms with Crippen LogP contribution in [0.1, 0.15) is 49.9 Å². The Morgan fingerprint density at radius 2 is 1.76 bits per heavy atom. The predicted octanol–water partition coefficient (Wildman–Crippen LogP) is 4.87. The summed E-state index contributed by atoms with van der Waals surface area (Å²) in [6.45, 7) is 5.87. The molecule has 8 nitrogen and oxygen atoms in total. The summed E-state index contributed by atoms with van der Waals surface area (Å²) < 4.78 is 10.5. The number of nitrogens with one attached hydrogen (secondary N) is 3. The molecule has 0 bridgehead atoms. The van der Waals surface area contributed by atoms with Crippen LogP contribution in [-0.4, -0.2) is 45.3 Å². The third-order valence-electron chi connectivity index (χ3n) is 5.84. The molecule has 0 aromatic heterocycles. The standard InChI is InChI=1S/C25H34N4O4/c1-5-17(2)26-24(30)20-15-18(9-12-22(20)29-13-7-6-8-14-29)27-25(31)28-21-11-10-19(32-3)16-23(21)33-4/h9-12,15-17H,5-8,13-14H2,1-4H3,(H,26,30)(H2,27,28,31).